The van der Waals surface area contributed by atoms with Crippen LogP contribution in [-0.2, 0) is 11.3 Å². The van der Waals surface area contributed by atoms with Crippen molar-refractivity contribution in [3.05, 3.63) is 36.0 Å². The lowest BCUT2D eigenvalue weighted by Gasteiger charge is -2.38. The minimum atomic E-state index is 0.0193. The molecular formula is C16H22N2O2. The molecule has 2 heterocycles. The summed E-state index contributed by atoms with van der Waals surface area (Å²) >= 11 is 0. The van der Waals surface area contributed by atoms with E-state index in [9.17, 15) is 5.11 Å². The Morgan fingerprint density at radius 1 is 1.25 bits per heavy atom. The van der Waals surface area contributed by atoms with Gasteiger partial charge < -0.3 is 20.1 Å². The average Bonchev–Trinajstić information content (AvgIpc) is 2.95. The van der Waals surface area contributed by atoms with Crippen LogP contribution in [0.4, 0.5) is 0 Å². The van der Waals surface area contributed by atoms with E-state index in [4.69, 9.17) is 4.74 Å². The van der Waals surface area contributed by atoms with Crippen molar-refractivity contribution >= 4 is 10.9 Å². The van der Waals surface area contributed by atoms with E-state index in [2.05, 4.69) is 34.6 Å². The van der Waals surface area contributed by atoms with E-state index in [1.165, 1.54) is 16.5 Å². The van der Waals surface area contributed by atoms with Gasteiger partial charge in [0.25, 0.3) is 0 Å². The highest BCUT2D eigenvalue weighted by atomic mass is 16.5. The summed E-state index contributed by atoms with van der Waals surface area (Å²) < 4.78 is 5.45. The van der Waals surface area contributed by atoms with Gasteiger partial charge in [-0.25, -0.2) is 0 Å². The van der Waals surface area contributed by atoms with E-state index in [-0.39, 0.29) is 12.1 Å². The van der Waals surface area contributed by atoms with E-state index in [1.54, 1.807) is 0 Å². The van der Waals surface area contributed by atoms with Crippen LogP contribution in [0.25, 0.3) is 10.9 Å². The number of aliphatic hydroxyl groups is 1. The van der Waals surface area contributed by atoms with Crippen LogP contribution in [0.5, 0.6) is 0 Å². The molecule has 0 aliphatic carbocycles. The van der Waals surface area contributed by atoms with Crippen molar-refractivity contribution in [3.8, 4) is 0 Å². The first-order chi connectivity index (χ1) is 9.83. The number of benzene rings is 1. The highest BCUT2D eigenvalue weighted by Gasteiger charge is 2.31. The largest absolute Gasteiger partial charge is 0.396 e. The summed E-state index contributed by atoms with van der Waals surface area (Å²) in [5.41, 5.74) is 2.49. The Hall–Kier alpha value is -1.36. The van der Waals surface area contributed by atoms with Crippen LogP contribution in [0.2, 0.25) is 0 Å². The summed E-state index contributed by atoms with van der Waals surface area (Å²) in [7, 11) is 0. The van der Waals surface area contributed by atoms with Crippen LogP contribution < -0.4 is 5.32 Å². The van der Waals surface area contributed by atoms with Crippen LogP contribution >= 0.6 is 0 Å². The molecule has 1 aromatic carbocycles. The van der Waals surface area contributed by atoms with Crippen LogP contribution in [0.15, 0.2) is 30.5 Å². The topological polar surface area (TPSA) is 57.3 Å². The molecule has 1 aromatic heterocycles. The van der Waals surface area contributed by atoms with Gasteiger partial charge in [-0.15, -0.1) is 0 Å². The third-order valence-corrected chi connectivity index (χ3v) is 4.38. The van der Waals surface area contributed by atoms with Gasteiger partial charge in [-0.1, -0.05) is 12.1 Å². The second-order valence-corrected chi connectivity index (χ2v) is 5.58. The van der Waals surface area contributed by atoms with Gasteiger partial charge in [-0.3, -0.25) is 0 Å². The molecule has 0 saturated carbocycles. The Labute approximate surface area is 119 Å². The summed E-state index contributed by atoms with van der Waals surface area (Å²) in [6, 6.07) is 8.46. The second-order valence-electron chi connectivity index (χ2n) is 5.58. The van der Waals surface area contributed by atoms with Crippen LogP contribution in [0.1, 0.15) is 24.8 Å². The smallest absolute Gasteiger partial charge is 0.0483 e. The molecule has 1 fully saturated rings. The summed E-state index contributed by atoms with van der Waals surface area (Å²) in [6.45, 7) is 2.61. The number of nitrogens with one attached hydrogen (secondary N) is 2. The normalized spacial score (nSPS) is 18.4. The van der Waals surface area contributed by atoms with Crippen LogP contribution in [0.3, 0.4) is 0 Å². The van der Waals surface area contributed by atoms with Crippen molar-refractivity contribution in [1.29, 1.82) is 0 Å². The van der Waals surface area contributed by atoms with E-state index >= 15 is 0 Å². The number of ether oxygens (including phenoxy) is 1. The van der Waals surface area contributed by atoms with Crippen molar-refractivity contribution in [1.82, 2.24) is 10.3 Å². The molecule has 0 spiro atoms. The molecule has 0 unspecified atom stereocenters. The van der Waals surface area contributed by atoms with E-state index in [0.717, 1.165) is 39.0 Å². The number of aromatic amines is 1. The molecule has 0 amide bonds. The van der Waals surface area contributed by atoms with E-state index < -0.39 is 0 Å². The van der Waals surface area contributed by atoms with E-state index in [1.807, 2.05) is 6.20 Å². The molecular weight excluding hydrogens is 252 g/mol. The van der Waals surface area contributed by atoms with Gasteiger partial charge in [0.2, 0.25) is 0 Å². The quantitative estimate of drug-likeness (QED) is 0.783. The summed E-state index contributed by atoms with van der Waals surface area (Å²) in [6.07, 6.45) is 4.71. The van der Waals surface area contributed by atoms with Crippen molar-refractivity contribution in [3.63, 3.8) is 0 Å². The zero-order valence-corrected chi connectivity index (χ0v) is 11.7. The Kier molecular flexibility index (Phi) is 4.05. The van der Waals surface area contributed by atoms with Gasteiger partial charge >= 0.3 is 0 Å². The summed E-state index contributed by atoms with van der Waals surface area (Å²) in [5.74, 6) is 0. The fourth-order valence-electron chi connectivity index (χ4n) is 3.08. The van der Waals surface area contributed by atoms with Crippen molar-refractivity contribution in [2.24, 2.45) is 0 Å². The van der Waals surface area contributed by atoms with Gasteiger partial charge in [-0.05, 0) is 37.0 Å². The Morgan fingerprint density at radius 2 is 2.10 bits per heavy atom. The van der Waals surface area contributed by atoms with Gasteiger partial charge in [-0.2, -0.15) is 0 Å². The SMILES string of the molecule is OCCC1(NCc2cccc3[nH]ccc23)CCOCC1. The lowest BCUT2D eigenvalue weighted by atomic mass is 9.86. The first-order valence-electron chi connectivity index (χ1n) is 7.32. The van der Waals surface area contributed by atoms with Gasteiger partial charge in [0.15, 0.2) is 0 Å². The van der Waals surface area contributed by atoms with Gasteiger partial charge in [0, 0.05) is 49.0 Å². The van der Waals surface area contributed by atoms with Crippen LogP contribution in [0, 0.1) is 0 Å². The standard InChI is InChI=1S/C16H22N2O2/c19-9-5-16(6-10-20-11-7-16)18-12-13-2-1-3-15-14(13)4-8-17-15/h1-4,8,17-19H,5-7,9-12H2. The molecule has 2 aromatic rings. The number of aliphatic hydroxyl groups excluding tert-OH is 1. The highest BCUT2D eigenvalue weighted by Crippen LogP contribution is 2.26. The maximum atomic E-state index is 9.33. The number of rotatable bonds is 5. The number of fused-ring (bicyclic) bond motifs is 1. The molecule has 1 saturated heterocycles. The molecule has 1 aliphatic heterocycles. The van der Waals surface area contributed by atoms with Crippen molar-refractivity contribution < 1.29 is 9.84 Å². The molecule has 0 bridgehead atoms. The van der Waals surface area contributed by atoms with Gasteiger partial charge in [0.05, 0.1) is 0 Å². The molecule has 0 radical (unpaired) electrons. The first-order valence-corrected chi connectivity index (χ1v) is 7.32. The molecule has 3 N–H and O–H groups in total. The fourth-order valence-corrected chi connectivity index (χ4v) is 3.08. The lowest BCUT2D eigenvalue weighted by Crippen LogP contribution is -2.49. The average molecular weight is 274 g/mol. The number of H-pyrrole nitrogens is 1. The predicted octanol–water partition coefficient (Wildman–Crippen LogP) is 2.19. The fraction of sp³-hybridized carbons (Fsp3) is 0.500. The third-order valence-electron chi connectivity index (χ3n) is 4.38. The summed E-state index contributed by atoms with van der Waals surface area (Å²) in [4.78, 5) is 3.24. The van der Waals surface area contributed by atoms with Crippen molar-refractivity contribution in [2.75, 3.05) is 19.8 Å². The Morgan fingerprint density at radius 3 is 2.90 bits per heavy atom. The minimum absolute atomic E-state index is 0.0193. The Balaban J connectivity index is 1.75. The predicted molar refractivity (Wildman–Crippen MR) is 79.6 cm³/mol. The lowest BCUT2D eigenvalue weighted by molar-refractivity contribution is 0.0268. The third kappa shape index (κ3) is 2.73. The molecule has 4 heteroatoms. The maximum absolute atomic E-state index is 9.33. The molecule has 1 aliphatic rings. The van der Waals surface area contributed by atoms with Crippen LogP contribution in [-0.4, -0.2) is 35.5 Å². The molecule has 108 valence electrons. The zero-order chi connectivity index (χ0) is 13.8. The van der Waals surface area contributed by atoms with E-state index in [0.29, 0.717) is 0 Å². The number of hydrogen-bond acceptors (Lipinski definition) is 3. The highest BCUT2D eigenvalue weighted by molar-refractivity contribution is 5.82. The molecule has 4 nitrogen and oxygen atoms in total. The molecule has 3 rings (SSSR count). The second kappa shape index (κ2) is 5.95. The summed E-state index contributed by atoms with van der Waals surface area (Å²) in [5, 5.41) is 14.3. The number of hydrogen-bond donors (Lipinski definition) is 3. The first kappa shape index (κ1) is 13.6. The molecule has 0 atom stereocenters. The molecule has 20 heavy (non-hydrogen) atoms. The minimum Gasteiger partial charge on any atom is -0.396 e. The number of aromatic nitrogens is 1. The van der Waals surface area contributed by atoms with Gasteiger partial charge in [0.1, 0.15) is 0 Å². The zero-order valence-electron chi connectivity index (χ0n) is 11.7. The monoisotopic (exact) mass is 274 g/mol. The maximum Gasteiger partial charge on any atom is 0.0483 e. The van der Waals surface area contributed by atoms with Crippen molar-refractivity contribution in [2.45, 2.75) is 31.3 Å². The Bertz CT molecular complexity index is 553.